The van der Waals surface area contributed by atoms with Crippen LogP contribution in [0.4, 0.5) is 26.3 Å². The second-order valence-electron chi connectivity index (χ2n) is 6.38. The summed E-state index contributed by atoms with van der Waals surface area (Å²) in [7, 11) is 0. The first kappa shape index (κ1) is 20.4. The normalized spacial score (nSPS) is 11.9. The summed E-state index contributed by atoms with van der Waals surface area (Å²) in [4.78, 5) is 12.0. The topological polar surface area (TPSA) is 43.1 Å². The number of halogens is 6. The molecule has 0 aliphatic heterocycles. The molecule has 0 aliphatic carbocycles. The molecule has 0 unspecified atom stereocenters. The maximum atomic E-state index is 13.6. The van der Waals surface area contributed by atoms with Gasteiger partial charge in [-0.05, 0) is 36.3 Å². The Labute approximate surface area is 171 Å². The highest BCUT2D eigenvalue weighted by Gasteiger charge is 2.35. The molecule has 0 N–H and O–H groups in total. The van der Waals surface area contributed by atoms with Crippen molar-refractivity contribution >= 4 is 5.65 Å². The quantitative estimate of drug-likeness (QED) is 0.306. The molecule has 31 heavy (non-hydrogen) atoms. The number of nitrogens with zero attached hydrogens (tertiary/aromatic N) is 4. The smallest absolute Gasteiger partial charge is 0.278 e. The molecule has 0 spiro atoms. The molecule has 4 aromatic rings. The average Bonchev–Trinajstić information content (AvgIpc) is 3.14. The maximum absolute atomic E-state index is 13.6. The van der Waals surface area contributed by atoms with Gasteiger partial charge < -0.3 is 0 Å². The number of hydrogen-bond donors (Lipinski definition) is 0. The standard InChI is InChI=1S/C21H10F6N4/c22-20(23,24)15-6-4-14(5-7-15)17-10-18(21(25,26)27)31-12-29-16(19(31)30-17)8-3-13-2-1-9-28-11-13/h1-2,4-7,9-12H. The third-order valence-corrected chi connectivity index (χ3v) is 4.29. The number of imidazole rings is 1. The predicted molar refractivity (Wildman–Crippen MR) is 98.6 cm³/mol. The first-order valence-corrected chi connectivity index (χ1v) is 8.68. The first-order chi connectivity index (χ1) is 14.6. The van der Waals surface area contributed by atoms with Crippen LogP contribution in [0.1, 0.15) is 22.5 Å². The summed E-state index contributed by atoms with van der Waals surface area (Å²) in [6.07, 6.45) is -5.34. The minimum Gasteiger partial charge on any atom is -0.278 e. The second kappa shape index (κ2) is 7.43. The Morgan fingerprint density at radius 3 is 2.23 bits per heavy atom. The van der Waals surface area contributed by atoms with E-state index >= 15 is 0 Å². The van der Waals surface area contributed by atoms with E-state index in [0.717, 1.165) is 41.1 Å². The van der Waals surface area contributed by atoms with Gasteiger partial charge in [-0.1, -0.05) is 18.1 Å². The van der Waals surface area contributed by atoms with Gasteiger partial charge in [-0.2, -0.15) is 26.3 Å². The number of benzene rings is 1. The average molecular weight is 432 g/mol. The van der Waals surface area contributed by atoms with Crippen LogP contribution in [0.2, 0.25) is 0 Å². The summed E-state index contributed by atoms with van der Waals surface area (Å²) in [5.41, 5.74) is -1.70. The lowest BCUT2D eigenvalue weighted by molar-refractivity contribution is -0.142. The summed E-state index contributed by atoms with van der Waals surface area (Å²) in [5.74, 6) is 5.42. The Bertz CT molecular complexity index is 1290. The first-order valence-electron chi connectivity index (χ1n) is 8.68. The van der Waals surface area contributed by atoms with Crippen molar-refractivity contribution < 1.29 is 26.3 Å². The molecule has 4 nitrogen and oxygen atoms in total. The number of rotatable bonds is 1. The summed E-state index contributed by atoms with van der Waals surface area (Å²) >= 11 is 0. The van der Waals surface area contributed by atoms with E-state index in [1.165, 1.54) is 6.20 Å². The molecule has 3 aromatic heterocycles. The van der Waals surface area contributed by atoms with Crippen LogP contribution in [0.15, 0.2) is 61.2 Å². The highest BCUT2D eigenvalue weighted by atomic mass is 19.4. The van der Waals surface area contributed by atoms with Gasteiger partial charge in [0.1, 0.15) is 12.0 Å². The molecular weight excluding hydrogens is 422 g/mol. The van der Waals surface area contributed by atoms with Gasteiger partial charge in [-0.3, -0.25) is 9.38 Å². The minimum absolute atomic E-state index is 0.0110. The van der Waals surface area contributed by atoms with Gasteiger partial charge in [0.15, 0.2) is 11.3 Å². The van der Waals surface area contributed by atoms with E-state index < -0.39 is 23.6 Å². The zero-order chi connectivity index (χ0) is 22.2. The van der Waals surface area contributed by atoms with Crippen LogP contribution in [0.25, 0.3) is 16.9 Å². The van der Waals surface area contributed by atoms with Gasteiger partial charge in [0, 0.05) is 23.5 Å². The van der Waals surface area contributed by atoms with Gasteiger partial charge >= 0.3 is 12.4 Å². The number of hydrogen-bond acceptors (Lipinski definition) is 3. The van der Waals surface area contributed by atoms with E-state index in [-0.39, 0.29) is 22.6 Å². The van der Waals surface area contributed by atoms with Crippen LogP contribution in [0.3, 0.4) is 0 Å². The van der Waals surface area contributed by atoms with Gasteiger partial charge in [-0.15, -0.1) is 0 Å². The third kappa shape index (κ3) is 4.21. The monoisotopic (exact) mass is 432 g/mol. The molecule has 0 amide bonds. The van der Waals surface area contributed by atoms with Gasteiger partial charge in [0.25, 0.3) is 0 Å². The maximum Gasteiger partial charge on any atom is 0.431 e. The van der Waals surface area contributed by atoms with Crippen LogP contribution in [0, 0.1) is 11.8 Å². The van der Waals surface area contributed by atoms with Crippen molar-refractivity contribution in [3.8, 4) is 23.1 Å². The van der Waals surface area contributed by atoms with Crippen LogP contribution < -0.4 is 0 Å². The summed E-state index contributed by atoms with van der Waals surface area (Å²) in [6, 6.07) is 7.79. The zero-order valence-electron chi connectivity index (χ0n) is 15.3. The Morgan fingerprint density at radius 1 is 0.871 bits per heavy atom. The second-order valence-corrected chi connectivity index (χ2v) is 6.38. The highest BCUT2D eigenvalue weighted by Crippen LogP contribution is 2.34. The Kier molecular flexibility index (Phi) is 4.89. The van der Waals surface area contributed by atoms with Crippen molar-refractivity contribution in [1.82, 2.24) is 19.4 Å². The molecule has 0 saturated heterocycles. The van der Waals surface area contributed by atoms with Crippen LogP contribution in [0.5, 0.6) is 0 Å². The fraction of sp³-hybridized carbons (Fsp3) is 0.0952. The van der Waals surface area contributed by atoms with Crippen molar-refractivity contribution in [2.24, 2.45) is 0 Å². The van der Waals surface area contributed by atoms with E-state index in [1.807, 2.05) is 0 Å². The SMILES string of the molecule is FC(F)(F)c1ccc(-c2cc(C(F)(F)F)n3cnc(C#Cc4cccnc4)c3n2)cc1. The summed E-state index contributed by atoms with van der Waals surface area (Å²) in [6.45, 7) is 0. The van der Waals surface area contributed by atoms with E-state index in [9.17, 15) is 26.3 Å². The van der Waals surface area contributed by atoms with E-state index in [0.29, 0.717) is 5.56 Å². The Morgan fingerprint density at radius 2 is 1.61 bits per heavy atom. The Balaban J connectivity index is 1.86. The molecule has 0 aliphatic rings. The number of pyridine rings is 1. The molecular formula is C21H10F6N4. The van der Waals surface area contributed by atoms with Crippen molar-refractivity contribution in [2.45, 2.75) is 12.4 Å². The van der Waals surface area contributed by atoms with Crippen molar-refractivity contribution in [3.05, 3.63) is 83.7 Å². The van der Waals surface area contributed by atoms with E-state index in [1.54, 1.807) is 18.3 Å². The van der Waals surface area contributed by atoms with Crippen LogP contribution in [-0.4, -0.2) is 19.4 Å². The van der Waals surface area contributed by atoms with Crippen molar-refractivity contribution in [2.75, 3.05) is 0 Å². The molecule has 0 radical (unpaired) electrons. The molecule has 10 heteroatoms. The van der Waals surface area contributed by atoms with E-state index in [2.05, 4.69) is 26.8 Å². The van der Waals surface area contributed by atoms with Gasteiger partial charge in [0.05, 0.1) is 11.3 Å². The van der Waals surface area contributed by atoms with Crippen molar-refractivity contribution in [1.29, 1.82) is 0 Å². The lowest BCUT2D eigenvalue weighted by Crippen LogP contribution is -2.12. The molecule has 156 valence electrons. The predicted octanol–water partition coefficient (Wildman–Crippen LogP) is 5.23. The van der Waals surface area contributed by atoms with Crippen molar-refractivity contribution in [3.63, 3.8) is 0 Å². The molecule has 3 heterocycles. The zero-order valence-corrected chi connectivity index (χ0v) is 15.3. The number of aromatic nitrogens is 4. The van der Waals surface area contributed by atoms with Gasteiger partial charge in [0.2, 0.25) is 0 Å². The largest absolute Gasteiger partial charge is 0.431 e. The number of fused-ring (bicyclic) bond motifs is 1. The molecule has 0 atom stereocenters. The fourth-order valence-electron chi connectivity index (χ4n) is 2.82. The Hall–Kier alpha value is -3.87. The van der Waals surface area contributed by atoms with Crippen LogP contribution in [-0.2, 0) is 12.4 Å². The summed E-state index contributed by atoms with van der Waals surface area (Å²) < 4.78 is 80.0. The van der Waals surface area contributed by atoms with Crippen LogP contribution >= 0.6 is 0 Å². The van der Waals surface area contributed by atoms with Gasteiger partial charge in [-0.25, -0.2) is 9.97 Å². The molecule has 0 bridgehead atoms. The number of alkyl halides is 6. The lowest BCUT2D eigenvalue weighted by Gasteiger charge is -2.12. The third-order valence-electron chi connectivity index (χ3n) is 4.29. The molecule has 0 fully saturated rings. The van der Waals surface area contributed by atoms with E-state index in [4.69, 9.17) is 0 Å². The fourth-order valence-corrected chi connectivity index (χ4v) is 2.82. The highest BCUT2D eigenvalue weighted by molar-refractivity contribution is 5.66. The molecule has 1 aromatic carbocycles. The summed E-state index contributed by atoms with van der Waals surface area (Å²) in [5, 5.41) is 0. The minimum atomic E-state index is -4.75. The molecule has 4 rings (SSSR count). The lowest BCUT2D eigenvalue weighted by atomic mass is 10.1. The molecule has 0 saturated carbocycles.